The lowest BCUT2D eigenvalue weighted by Gasteiger charge is -2.07. The number of benzene rings is 2. The second kappa shape index (κ2) is 7.18. The van der Waals surface area contributed by atoms with Gasteiger partial charge in [0.1, 0.15) is 5.82 Å². The topological polar surface area (TPSA) is 79.2 Å². The summed E-state index contributed by atoms with van der Waals surface area (Å²) in [5, 5.41) is 11.1. The summed E-state index contributed by atoms with van der Waals surface area (Å²) in [5.74, 6) is -1.69. The zero-order chi connectivity index (χ0) is 16.8. The predicted molar refractivity (Wildman–Crippen MR) is 81.2 cm³/mol. The highest BCUT2D eigenvalue weighted by Crippen LogP contribution is 2.13. The number of anilines is 1. The fourth-order valence-corrected chi connectivity index (χ4v) is 1.76. The van der Waals surface area contributed by atoms with E-state index < -0.39 is 24.3 Å². The third-order valence-electron chi connectivity index (χ3n) is 3.04. The minimum absolute atomic E-state index is 0.234. The molecule has 0 heterocycles. The average molecular weight is 312 g/mol. The van der Waals surface area contributed by atoms with Crippen LogP contribution in [0.4, 0.5) is 10.1 Å². The zero-order valence-corrected chi connectivity index (χ0v) is 12.3. The molecule has 2 aromatic carbocycles. The van der Waals surface area contributed by atoms with E-state index in [1.165, 1.54) is 36.4 Å². The maximum absolute atomic E-state index is 13.4. The zero-order valence-electron chi connectivity index (χ0n) is 12.3. The minimum Gasteiger partial charge on any atom is -0.452 e. The van der Waals surface area contributed by atoms with Crippen LogP contribution in [-0.4, -0.2) is 18.5 Å². The molecule has 0 aliphatic heterocycles. The smallest absolute Gasteiger partial charge is 0.338 e. The van der Waals surface area contributed by atoms with Crippen LogP contribution in [0, 0.1) is 24.1 Å². The lowest BCUT2D eigenvalue weighted by molar-refractivity contribution is -0.119. The van der Waals surface area contributed by atoms with Gasteiger partial charge in [-0.15, -0.1) is 0 Å². The van der Waals surface area contributed by atoms with Crippen molar-refractivity contribution in [1.82, 2.24) is 0 Å². The van der Waals surface area contributed by atoms with Crippen molar-refractivity contribution in [3.63, 3.8) is 0 Å². The Labute approximate surface area is 132 Å². The number of ether oxygens (including phenoxy) is 1. The molecule has 2 rings (SSSR count). The summed E-state index contributed by atoms with van der Waals surface area (Å²) >= 11 is 0. The van der Waals surface area contributed by atoms with Crippen LogP contribution < -0.4 is 5.32 Å². The molecule has 0 fully saturated rings. The highest BCUT2D eigenvalue weighted by atomic mass is 19.1. The summed E-state index contributed by atoms with van der Waals surface area (Å²) in [7, 11) is 0. The Morgan fingerprint density at radius 2 is 1.91 bits per heavy atom. The molecule has 0 saturated heterocycles. The molecule has 0 aliphatic carbocycles. The quantitative estimate of drug-likeness (QED) is 0.880. The minimum atomic E-state index is -0.681. The van der Waals surface area contributed by atoms with Crippen LogP contribution in [0.5, 0.6) is 0 Å². The van der Waals surface area contributed by atoms with Gasteiger partial charge in [0.05, 0.1) is 17.2 Å². The Morgan fingerprint density at radius 1 is 1.22 bits per heavy atom. The SMILES string of the molecule is Cc1ccc(NC(=O)COC(=O)c2ccc(C#N)cc2)cc1F. The van der Waals surface area contributed by atoms with Gasteiger partial charge in [0, 0.05) is 5.69 Å². The van der Waals surface area contributed by atoms with E-state index in [1.807, 2.05) is 6.07 Å². The highest BCUT2D eigenvalue weighted by Gasteiger charge is 2.11. The number of aryl methyl sites for hydroxylation is 1. The number of nitrogens with one attached hydrogen (secondary N) is 1. The van der Waals surface area contributed by atoms with Gasteiger partial charge in [0.2, 0.25) is 0 Å². The van der Waals surface area contributed by atoms with Crippen LogP contribution in [0.25, 0.3) is 0 Å². The normalized spacial score (nSPS) is 9.78. The number of halogens is 1. The maximum atomic E-state index is 13.4. The number of carbonyl (C=O) groups is 2. The number of carbonyl (C=O) groups excluding carboxylic acids is 2. The molecule has 5 nitrogen and oxygen atoms in total. The molecule has 0 unspecified atom stereocenters. The molecule has 6 heteroatoms. The summed E-state index contributed by atoms with van der Waals surface area (Å²) in [6.07, 6.45) is 0. The van der Waals surface area contributed by atoms with Crippen LogP contribution in [0.2, 0.25) is 0 Å². The third-order valence-corrected chi connectivity index (χ3v) is 3.04. The van der Waals surface area contributed by atoms with E-state index in [2.05, 4.69) is 5.32 Å². The fraction of sp³-hybridized carbons (Fsp3) is 0.118. The highest BCUT2D eigenvalue weighted by molar-refractivity contribution is 5.95. The van der Waals surface area contributed by atoms with E-state index in [4.69, 9.17) is 10.00 Å². The number of nitriles is 1. The summed E-state index contributed by atoms with van der Waals surface area (Å²) in [5.41, 5.74) is 1.40. The first-order chi connectivity index (χ1) is 11.0. The molecule has 23 heavy (non-hydrogen) atoms. The van der Waals surface area contributed by atoms with Crippen LogP contribution >= 0.6 is 0 Å². The summed E-state index contributed by atoms with van der Waals surface area (Å²) < 4.78 is 18.2. The van der Waals surface area contributed by atoms with Crippen molar-refractivity contribution in [2.45, 2.75) is 6.92 Å². The van der Waals surface area contributed by atoms with Crippen molar-refractivity contribution < 1.29 is 18.7 Å². The maximum Gasteiger partial charge on any atom is 0.338 e. The molecule has 0 aliphatic rings. The monoisotopic (exact) mass is 312 g/mol. The van der Waals surface area contributed by atoms with Gasteiger partial charge in [-0.25, -0.2) is 9.18 Å². The molecule has 1 N–H and O–H groups in total. The molecule has 0 atom stereocenters. The molecule has 0 aromatic heterocycles. The van der Waals surface area contributed by atoms with Gasteiger partial charge in [-0.2, -0.15) is 5.26 Å². The predicted octanol–water partition coefficient (Wildman–Crippen LogP) is 2.80. The van der Waals surface area contributed by atoms with Crippen LogP contribution in [-0.2, 0) is 9.53 Å². The number of nitrogens with zero attached hydrogens (tertiary/aromatic N) is 1. The fourth-order valence-electron chi connectivity index (χ4n) is 1.76. The Hall–Kier alpha value is -3.20. The lowest BCUT2D eigenvalue weighted by Crippen LogP contribution is -2.21. The van der Waals surface area contributed by atoms with E-state index in [-0.39, 0.29) is 11.3 Å². The van der Waals surface area contributed by atoms with Crippen LogP contribution in [0.3, 0.4) is 0 Å². The molecule has 0 saturated carbocycles. The number of hydrogen-bond donors (Lipinski definition) is 1. The second-order valence-electron chi connectivity index (χ2n) is 4.78. The molecule has 116 valence electrons. The van der Waals surface area contributed by atoms with Gasteiger partial charge in [0.25, 0.3) is 5.91 Å². The van der Waals surface area contributed by atoms with E-state index in [0.29, 0.717) is 11.1 Å². The standard InChI is InChI=1S/C17H13FN2O3/c1-11-2-7-14(8-15(11)18)20-16(21)10-23-17(22)13-5-3-12(9-19)4-6-13/h2-8H,10H2,1H3,(H,20,21). The number of rotatable bonds is 4. The van der Waals surface area contributed by atoms with Gasteiger partial charge in [-0.3, -0.25) is 4.79 Å². The Balaban J connectivity index is 1.89. The van der Waals surface area contributed by atoms with Crippen molar-refractivity contribution in [3.8, 4) is 6.07 Å². The molecular formula is C17H13FN2O3. The van der Waals surface area contributed by atoms with E-state index in [1.54, 1.807) is 13.0 Å². The van der Waals surface area contributed by atoms with E-state index >= 15 is 0 Å². The van der Waals surface area contributed by atoms with Gasteiger partial charge in [-0.05, 0) is 48.9 Å². The Morgan fingerprint density at radius 3 is 2.52 bits per heavy atom. The molecule has 2 aromatic rings. The van der Waals surface area contributed by atoms with Gasteiger partial charge >= 0.3 is 5.97 Å². The van der Waals surface area contributed by atoms with Crippen LogP contribution in [0.15, 0.2) is 42.5 Å². The number of esters is 1. The van der Waals surface area contributed by atoms with Crippen molar-refractivity contribution in [2.24, 2.45) is 0 Å². The average Bonchev–Trinajstić information content (AvgIpc) is 2.56. The number of hydrogen-bond acceptors (Lipinski definition) is 4. The molecule has 0 radical (unpaired) electrons. The first-order valence-corrected chi connectivity index (χ1v) is 6.73. The van der Waals surface area contributed by atoms with Gasteiger partial charge < -0.3 is 10.1 Å². The van der Waals surface area contributed by atoms with Gasteiger partial charge in [0.15, 0.2) is 6.61 Å². The Bertz CT molecular complexity index is 779. The lowest BCUT2D eigenvalue weighted by atomic mass is 10.1. The Kier molecular flexibility index (Phi) is 5.05. The number of amides is 1. The third kappa shape index (κ3) is 4.38. The first-order valence-electron chi connectivity index (χ1n) is 6.73. The summed E-state index contributed by atoms with van der Waals surface area (Å²) in [4.78, 5) is 23.4. The second-order valence-corrected chi connectivity index (χ2v) is 4.78. The molecule has 0 spiro atoms. The largest absolute Gasteiger partial charge is 0.452 e. The van der Waals surface area contributed by atoms with Crippen molar-refractivity contribution in [1.29, 1.82) is 5.26 Å². The summed E-state index contributed by atoms with van der Waals surface area (Å²) in [6, 6.07) is 12.0. The van der Waals surface area contributed by atoms with Crippen LogP contribution in [0.1, 0.15) is 21.5 Å². The van der Waals surface area contributed by atoms with Crippen molar-refractivity contribution in [2.75, 3.05) is 11.9 Å². The van der Waals surface area contributed by atoms with Crippen molar-refractivity contribution >= 4 is 17.6 Å². The van der Waals surface area contributed by atoms with Crippen molar-refractivity contribution in [3.05, 3.63) is 65.0 Å². The molecular weight excluding hydrogens is 299 g/mol. The first kappa shape index (κ1) is 16.2. The van der Waals surface area contributed by atoms with E-state index in [0.717, 1.165) is 0 Å². The molecule has 1 amide bonds. The molecule has 0 bridgehead atoms. The van der Waals surface area contributed by atoms with E-state index in [9.17, 15) is 14.0 Å². The van der Waals surface area contributed by atoms with Gasteiger partial charge in [-0.1, -0.05) is 6.07 Å². The summed E-state index contributed by atoms with van der Waals surface area (Å²) in [6.45, 7) is 1.12.